The number of ether oxygens (including phenoxy) is 1. The number of amides is 2. The number of likely N-dealkylation sites (N-methyl/N-ethyl adjacent to an activating group) is 1. The molecule has 6 nitrogen and oxygen atoms in total. The molecule has 20 heavy (non-hydrogen) atoms. The highest BCUT2D eigenvalue weighted by Crippen LogP contribution is 2.27. The number of carbonyl (C=O) groups excluding carboxylic acids is 2. The van der Waals surface area contributed by atoms with Crippen molar-refractivity contribution >= 4 is 17.5 Å². The number of nitrogen functional groups attached to an aromatic ring is 1. The van der Waals surface area contributed by atoms with Crippen LogP contribution in [0, 0.1) is 0 Å². The number of hydrogen-bond donors (Lipinski definition) is 1. The van der Waals surface area contributed by atoms with Crippen LogP contribution in [-0.2, 0) is 4.79 Å². The molecule has 108 valence electrons. The van der Waals surface area contributed by atoms with Gasteiger partial charge in [-0.1, -0.05) is 6.07 Å². The van der Waals surface area contributed by atoms with Gasteiger partial charge in [0.25, 0.3) is 5.91 Å². The lowest BCUT2D eigenvalue weighted by Crippen LogP contribution is -2.50. The maximum atomic E-state index is 12.5. The van der Waals surface area contributed by atoms with Crippen LogP contribution >= 0.6 is 0 Å². The van der Waals surface area contributed by atoms with Crippen LogP contribution < -0.4 is 10.5 Å². The fourth-order valence-electron chi connectivity index (χ4n) is 2.13. The zero-order chi connectivity index (χ0) is 14.7. The third kappa shape index (κ3) is 2.68. The molecule has 2 N–H and O–H groups in total. The molecule has 1 saturated heterocycles. The summed E-state index contributed by atoms with van der Waals surface area (Å²) in [6.07, 6.45) is 0. The van der Waals surface area contributed by atoms with Crippen molar-refractivity contribution in [3.8, 4) is 5.75 Å². The first-order valence-corrected chi connectivity index (χ1v) is 6.59. The van der Waals surface area contributed by atoms with Crippen molar-refractivity contribution in [1.82, 2.24) is 9.80 Å². The van der Waals surface area contributed by atoms with E-state index in [4.69, 9.17) is 10.5 Å². The molecule has 6 heteroatoms. The van der Waals surface area contributed by atoms with Crippen molar-refractivity contribution in [2.75, 3.05) is 39.0 Å². The second kappa shape index (κ2) is 5.81. The maximum Gasteiger partial charge on any atom is 0.258 e. The largest absolute Gasteiger partial charge is 0.491 e. The molecule has 2 rings (SSSR count). The highest BCUT2D eigenvalue weighted by atomic mass is 16.5. The Morgan fingerprint density at radius 2 is 2.15 bits per heavy atom. The van der Waals surface area contributed by atoms with Gasteiger partial charge in [-0.15, -0.1) is 0 Å². The summed E-state index contributed by atoms with van der Waals surface area (Å²) in [5.74, 6) is 0.111. The summed E-state index contributed by atoms with van der Waals surface area (Å²) in [5.41, 5.74) is 6.69. The second-order valence-electron chi connectivity index (χ2n) is 4.70. The van der Waals surface area contributed by atoms with Crippen molar-refractivity contribution < 1.29 is 14.3 Å². The summed E-state index contributed by atoms with van der Waals surface area (Å²) in [4.78, 5) is 27.4. The molecule has 0 saturated carbocycles. The summed E-state index contributed by atoms with van der Waals surface area (Å²) in [7, 11) is 1.73. The van der Waals surface area contributed by atoms with Crippen LogP contribution in [0.15, 0.2) is 18.2 Å². The molecule has 1 heterocycles. The summed E-state index contributed by atoms with van der Waals surface area (Å²) in [5, 5.41) is 0. The number of nitrogens with two attached hydrogens (primary N) is 1. The van der Waals surface area contributed by atoms with Crippen LogP contribution in [0.5, 0.6) is 5.75 Å². The Morgan fingerprint density at radius 3 is 2.80 bits per heavy atom. The van der Waals surface area contributed by atoms with Crippen LogP contribution in [0.3, 0.4) is 0 Å². The van der Waals surface area contributed by atoms with Crippen molar-refractivity contribution in [1.29, 1.82) is 0 Å². The van der Waals surface area contributed by atoms with Crippen molar-refractivity contribution in [3.05, 3.63) is 23.8 Å². The van der Waals surface area contributed by atoms with Gasteiger partial charge in [0.2, 0.25) is 5.91 Å². The Bertz CT molecular complexity index is 530. The third-order valence-corrected chi connectivity index (χ3v) is 3.31. The number of piperazine rings is 1. The van der Waals surface area contributed by atoms with E-state index in [2.05, 4.69) is 0 Å². The van der Waals surface area contributed by atoms with E-state index in [9.17, 15) is 9.59 Å². The average Bonchev–Trinajstić information content (AvgIpc) is 2.43. The second-order valence-corrected chi connectivity index (χ2v) is 4.70. The summed E-state index contributed by atoms with van der Waals surface area (Å²) >= 11 is 0. The smallest absolute Gasteiger partial charge is 0.258 e. The standard InChI is InChI=1S/C14H19N3O3/c1-3-20-13-10(5-4-6-11(13)15)14(19)17-8-7-16(2)12(18)9-17/h4-6H,3,7-9,15H2,1-2H3. The Kier molecular flexibility index (Phi) is 4.12. The lowest BCUT2D eigenvalue weighted by atomic mass is 10.1. The summed E-state index contributed by atoms with van der Waals surface area (Å²) in [6, 6.07) is 5.08. The number of rotatable bonds is 3. The first kappa shape index (κ1) is 14.2. The first-order chi connectivity index (χ1) is 9.54. The zero-order valence-corrected chi connectivity index (χ0v) is 11.8. The van der Waals surface area contributed by atoms with Gasteiger partial charge < -0.3 is 20.3 Å². The van der Waals surface area contributed by atoms with Crippen molar-refractivity contribution in [2.45, 2.75) is 6.92 Å². The third-order valence-electron chi connectivity index (χ3n) is 3.31. The molecule has 0 radical (unpaired) electrons. The number of hydrogen-bond acceptors (Lipinski definition) is 4. The molecule has 0 unspecified atom stereocenters. The average molecular weight is 277 g/mol. The fraction of sp³-hybridized carbons (Fsp3) is 0.429. The summed E-state index contributed by atoms with van der Waals surface area (Å²) in [6.45, 7) is 3.41. The minimum absolute atomic E-state index is 0.0635. The van der Waals surface area contributed by atoms with Crippen molar-refractivity contribution in [2.24, 2.45) is 0 Å². The van der Waals surface area contributed by atoms with Gasteiger partial charge in [-0.25, -0.2) is 0 Å². The molecule has 0 aromatic heterocycles. The van der Waals surface area contributed by atoms with Crippen molar-refractivity contribution in [3.63, 3.8) is 0 Å². The molecule has 2 amide bonds. The van der Waals surface area contributed by atoms with E-state index in [1.807, 2.05) is 6.92 Å². The Morgan fingerprint density at radius 1 is 1.40 bits per heavy atom. The maximum absolute atomic E-state index is 12.5. The normalized spacial score (nSPS) is 15.4. The molecule has 1 aromatic carbocycles. The molecule has 1 aliphatic rings. The molecule has 0 spiro atoms. The molecular formula is C14H19N3O3. The molecule has 0 atom stereocenters. The van der Waals surface area contributed by atoms with E-state index < -0.39 is 0 Å². The predicted molar refractivity (Wildman–Crippen MR) is 75.6 cm³/mol. The molecule has 0 aliphatic carbocycles. The molecule has 0 bridgehead atoms. The van der Waals surface area contributed by atoms with Crippen LogP contribution in [0.25, 0.3) is 0 Å². The van der Waals surface area contributed by atoms with Crippen LogP contribution in [0.2, 0.25) is 0 Å². The minimum atomic E-state index is -0.220. The van der Waals surface area contributed by atoms with Gasteiger partial charge in [0, 0.05) is 20.1 Å². The number of benzene rings is 1. The van der Waals surface area contributed by atoms with Crippen LogP contribution in [-0.4, -0.2) is 54.9 Å². The van der Waals surface area contributed by atoms with E-state index in [-0.39, 0.29) is 18.4 Å². The quantitative estimate of drug-likeness (QED) is 0.820. The molecule has 1 aliphatic heterocycles. The van der Waals surface area contributed by atoms with Gasteiger partial charge in [0.1, 0.15) is 6.54 Å². The highest BCUT2D eigenvalue weighted by molar-refractivity contribution is 6.00. The van der Waals surface area contributed by atoms with Gasteiger partial charge in [-0.2, -0.15) is 0 Å². The predicted octanol–water partition coefficient (Wildman–Crippen LogP) is 0.582. The number of carbonyl (C=O) groups is 2. The van der Waals surface area contributed by atoms with Gasteiger partial charge in [-0.05, 0) is 19.1 Å². The van der Waals surface area contributed by atoms with Gasteiger partial charge in [-0.3, -0.25) is 9.59 Å². The monoisotopic (exact) mass is 277 g/mol. The lowest BCUT2D eigenvalue weighted by Gasteiger charge is -2.32. The van der Waals surface area contributed by atoms with E-state index in [0.717, 1.165) is 0 Å². The fourth-order valence-corrected chi connectivity index (χ4v) is 2.13. The highest BCUT2D eigenvalue weighted by Gasteiger charge is 2.27. The Balaban J connectivity index is 2.25. The lowest BCUT2D eigenvalue weighted by molar-refractivity contribution is -0.133. The minimum Gasteiger partial charge on any atom is -0.491 e. The number of anilines is 1. The molecule has 1 fully saturated rings. The Labute approximate surface area is 118 Å². The first-order valence-electron chi connectivity index (χ1n) is 6.59. The van der Waals surface area contributed by atoms with Gasteiger partial charge >= 0.3 is 0 Å². The van der Waals surface area contributed by atoms with Gasteiger partial charge in [0.15, 0.2) is 5.75 Å². The van der Waals surface area contributed by atoms with E-state index in [0.29, 0.717) is 36.7 Å². The zero-order valence-electron chi connectivity index (χ0n) is 11.8. The van der Waals surface area contributed by atoms with E-state index >= 15 is 0 Å². The van der Waals surface area contributed by atoms with E-state index in [1.54, 1.807) is 30.1 Å². The SMILES string of the molecule is CCOc1c(N)cccc1C(=O)N1CCN(C)C(=O)C1. The molecular weight excluding hydrogens is 258 g/mol. The number of para-hydroxylation sites is 1. The van der Waals surface area contributed by atoms with Crippen LogP contribution in [0.1, 0.15) is 17.3 Å². The van der Waals surface area contributed by atoms with Gasteiger partial charge in [0.05, 0.1) is 17.9 Å². The molecule has 1 aromatic rings. The van der Waals surface area contributed by atoms with E-state index in [1.165, 1.54) is 4.90 Å². The summed E-state index contributed by atoms with van der Waals surface area (Å²) < 4.78 is 5.46. The van der Waals surface area contributed by atoms with Crippen LogP contribution in [0.4, 0.5) is 5.69 Å². The topological polar surface area (TPSA) is 75.9 Å². The Hall–Kier alpha value is -2.24. The number of nitrogens with zero attached hydrogens (tertiary/aromatic N) is 2.